The molecular weight excluding hydrogens is 569 g/mol. The fourth-order valence-corrected chi connectivity index (χ4v) is 6.20. The number of hydrogen-bond donors (Lipinski definition) is 1. The highest BCUT2D eigenvalue weighted by molar-refractivity contribution is 5.92. The van der Waals surface area contributed by atoms with Gasteiger partial charge in [-0.15, -0.1) is 0 Å². The maximum absolute atomic E-state index is 15.6. The first-order valence-corrected chi connectivity index (χ1v) is 14.3. The highest BCUT2D eigenvalue weighted by Gasteiger charge is 2.57. The predicted molar refractivity (Wildman–Crippen MR) is 154 cm³/mol. The van der Waals surface area contributed by atoms with Crippen LogP contribution in [0.15, 0.2) is 66.7 Å². The number of imidazole rings is 1. The summed E-state index contributed by atoms with van der Waals surface area (Å²) in [5.74, 6) is -2.28. The third-order valence-corrected chi connectivity index (χ3v) is 8.88. The highest BCUT2D eigenvalue weighted by Crippen LogP contribution is 2.67. The van der Waals surface area contributed by atoms with Crippen LogP contribution in [-0.4, -0.2) is 25.6 Å². The minimum atomic E-state index is -1.04. The van der Waals surface area contributed by atoms with Crippen molar-refractivity contribution in [1.29, 1.82) is 5.26 Å². The molecule has 2 fully saturated rings. The van der Waals surface area contributed by atoms with Crippen molar-refractivity contribution in [1.82, 2.24) is 14.5 Å². The van der Waals surface area contributed by atoms with Crippen molar-refractivity contribution in [3.8, 4) is 23.2 Å². The molecule has 0 saturated heterocycles. The van der Waals surface area contributed by atoms with Crippen LogP contribution >= 0.6 is 0 Å². The van der Waals surface area contributed by atoms with Crippen molar-refractivity contribution in [2.45, 2.75) is 44.8 Å². The lowest BCUT2D eigenvalue weighted by Gasteiger charge is -2.39. The van der Waals surface area contributed by atoms with Gasteiger partial charge in [0.25, 0.3) is 0 Å². The third-order valence-electron chi connectivity index (χ3n) is 8.88. The van der Waals surface area contributed by atoms with Crippen molar-refractivity contribution in [3.63, 3.8) is 0 Å². The summed E-state index contributed by atoms with van der Waals surface area (Å²) in [6.07, 6.45) is 4.22. The molecule has 1 spiro atoms. The zero-order valence-corrected chi connectivity index (χ0v) is 23.4. The van der Waals surface area contributed by atoms with E-state index in [1.807, 2.05) is 10.6 Å². The molecule has 10 heteroatoms. The Morgan fingerprint density at radius 3 is 2.50 bits per heavy atom. The Morgan fingerprint density at radius 1 is 0.977 bits per heavy atom. The summed E-state index contributed by atoms with van der Waals surface area (Å²) in [5.41, 5.74) is 2.25. The van der Waals surface area contributed by atoms with Crippen molar-refractivity contribution < 1.29 is 27.8 Å². The molecule has 7 nitrogen and oxygen atoms in total. The fourth-order valence-electron chi connectivity index (χ4n) is 6.20. The van der Waals surface area contributed by atoms with E-state index >= 15 is 8.78 Å². The van der Waals surface area contributed by atoms with Crippen LogP contribution in [0.2, 0.25) is 0 Å². The molecule has 7 rings (SSSR count). The zero-order valence-electron chi connectivity index (χ0n) is 23.4. The van der Waals surface area contributed by atoms with Crippen LogP contribution in [0.4, 0.5) is 13.2 Å². The van der Waals surface area contributed by atoms with Gasteiger partial charge in [-0.3, -0.25) is 0 Å². The highest BCUT2D eigenvalue weighted by atomic mass is 19.1. The lowest BCUT2D eigenvalue weighted by molar-refractivity contribution is 0.0697. The van der Waals surface area contributed by atoms with Crippen LogP contribution in [0.25, 0.3) is 22.3 Å². The van der Waals surface area contributed by atoms with Crippen LogP contribution in [0.5, 0.6) is 5.88 Å². The number of benzene rings is 3. The second-order valence-corrected chi connectivity index (χ2v) is 11.5. The fraction of sp³-hybridized carbons (Fsp3) is 0.235. The van der Waals surface area contributed by atoms with E-state index in [-0.39, 0.29) is 63.9 Å². The molecule has 0 bridgehead atoms. The van der Waals surface area contributed by atoms with E-state index in [0.29, 0.717) is 16.9 Å². The monoisotopic (exact) mass is 594 g/mol. The number of carboxylic acids is 1. The molecule has 1 unspecified atom stereocenters. The van der Waals surface area contributed by atoms with Gasteiger partial charge in [-0.05, 0) is 85.2 Å². The van der Waals surface area contributed by atoms with Crippen molar-refractivity contribution in [2.24, 2.45) is 5.41 Å². The van der Waals surface area contributed by atoms with Gasteiger partial charge >= 0.3 is 5.97 Å². The van der Waals surface area contributed by atoms with E-state index < -0.39 is 23.4 Å². The number of hydrogen-bond acceptors (Lipinski definition) is 5. The van der Waals surface area contributed by atoms with Gasteiger partial charge in [0.15, 0.2) is 0 Å². The molecule has 0 aliphatic heterocycles. The lowest BCUT2D eigenvalue weighted by atomic mass is 9.75. The maximum atomic E-state index is 15.6. The Bertz CT molecular complexity index is 2010. The normalized spacial score (nSPS) is 16.5. The molecule has 44 heavy (non-hydrogen) atoms. The third kappa shape index (κ3) is 4.84. The Balaban J connectivity index is 1.17. The van der Waals surface area contributed by atoms with Gasteiger partial charge in [0.2, 0.25) is 5.88 Å². The summed E-state index contributed by atoms with van der Waals surface area (Å²) in [7, 11) is 0. The number of rotatable bonds is 8. The molecule has 2 aromatic heterocycles. The second-order valence-electron chi connectivity index (χ2n) is 11.5. The number of ether oxygens (including phenoxy) is 1. The maximum Gasteiger partial charge on any atom is 0.335 e. The van der Waals surface area contributed by atoms with Gasteiger partial charge in [0.05, 0.1) is 33.9 Å². The minimum Gasteiger partial charge on any atom is -0.478 e. The molecule has 5 aromatic rings. The SMILES string of the molecule is N#Cc1ccc(COc2cccc(-c3cc(F)c(Cc4nc5ccc(C(=O)O)cc5n4C4CCC45CC5)cc3F)n2)c(F)c1. The van der Waals surface area contributed by atoms with E-state index in [9.17, 15) is 14.3 Å². The zero-order chi connectivity index (χ0) is 30.6. The Labute approximate surface area is 250 Å². The van der Waals surface area contributed by atoms with E-state index in [2.05, 4.69) is 4.98 Å². The first-order chi connectivity index (χ1) is 21.2. The van der Waals surface area contributed by atoms with E-state index in [0.717, 1.165) is 43.9 Å². The number of aromatic nitrogens is 3. The Hall–Kier alpha value is -5.17. The molecule has 2 heterocycles. The standard InChI is InChI=1S/C34H25F3N4O3/c35-24-12-19(17-38)4-5-21(24)18-44-32-3-1-2-27(40-32)23-16-25(36)22(13-26(23)37)15-31-39-28-7-6-20(33(42)43)14-29(28)41(31)30-8-9-34(30)10-11-34/h1-7,12-14,16,30H,8-11,15,18H2,(H,42,43). The molecule has 0 radical (unpaired) electrons. The number of pyridine rings is 1. The van der Waals surface area contributed by atoms with Crippen LogP contribution in [0.3, 0.4) is 0 Å². The van der Waals surface area contributed by atoms with Gasteiger partial charge in [0.1, 0.15) is 29.9 Å². The number of fused-ring (bicyclic) bond motifs is 1. The molecule has 1 atom stereocenters. The van der Waals surface area contributed by atoms with E-state index in [1.165, 1.54) is 30.3 Å². The first kappa shape index (κ1) is 27.7. The van der Waals surface area contributed by atoms with Gasteiger partial charge in [0, 0.05) is 29.7 Å². The van der Waals surface area contributed by atoms with Gasteiger partial charge in [-0.25, -0.2) is 27.9 Å². The lowest BCUT2D eigenvalue weighted by Crippen LogP contribution is -2.31. The number of carboxylic acid groups (broad SMARTS) is 1. The number of carbonyl (C=O) groups is 1. The molecule has 1 N–H and O–H groups in total. The number of halogens is 3. The van der Waals surface area contributed by atoms with E-state index in [4.69, 9.17) is 15.0 Å². The first-order valence-electron chi connectivity index (χ1n) is 14.3. The summed E-state index contributed by atoms with van der Waals surface area (Å²) in [4.78, 5) is 20.7. The number of nitrogens with zero attached hydrogens (tertiary/aromatic N) is 4. The van der Waals surface area contributed by atoms with Crippen LogP contribution in [-0.2, 0) is 13.0 Å². The summed E-state index contributed by atoms with van der Waals surface area (Å²) < 4.78 is 53.0. The largest absolute Gasteiger partial charge is 0.478 e. The number of nitriles is 1. The predicted octanol–water partition coefficient (Wildman–Crippen LogP) is 7.37. The van der Waals surface area contributed by atoms with Crippen molar-refractivity contribution in [3.05, 3.63) is 112 Å². The summed E-state index contributed by atoms with van der Waals surface area (Å²) in [6, 6.07) is 17.7. The molecule has 2 saturated carbocycles. The van der Waals surface area contributed by atoms with Crippen molar-refractivity contribution in [2.75, 3.05) is 0 Å². The average Bonchev–Trinajstić information content (AvgIpc) is 3.78. The molecule has 3 aromatic carbocycles. The Kier molecular flexibility index (Phi) is 6.61. The van der Waals surface area contributed by atoms with E-state index in [1.54, 1.807) is 18.2 Å². The minimum absolute atomic E-state index is 0.0272. The van der Waals surface area contributed by atoms with Crippen LogP contribution in [0, 0.1) is 34.2 Å². The van der Waals surface area contributed by atoms with Crippen molar-refractivity contribution >= 4 is 17.0 Å². The second kappa shape index (κ2) is 10.5. The Morgan fingerprint density at radius 2 is 1.80 bits per heavy atom. The quantitative estimate of drug-likeness (QED) is 0.201. The van der Waals surface area contributed by atoms with Crippen LogP contribution in [0.1, 0.15) is 64.6 Å². The topological polar surface area (TPSA) is 101 Å². The van der Waals surface area contributed by atoms with Crippen LogP contribution < -0.4 is 4.74 Å². The molecule has 2 aliphatic carbocycles. The average molecular weight is 595 g/mol. The molecule has 220 valence electrons. The summed E-state index contributed by atoms with van der Waals surface area (Å²) in [6.45, 7) is -0.166. The summed E-state index contributed by atoms with van der Waals surface area (Å²) in [5, 5.41) is 18.5. The number of aromatic carboxylic acids is 1. The smallest absolute Gasteiger partial charge is 0.335 e. The van der Waals surface area contributed by atoms with Gasteiger partial charge in [-0.1, -0.05) is 12.1 Å². The molecule has 0 amide bonds. The summed E-state index contributed by atoms with van der Waals surface area (Å²) >= 11 is 0. The molecular formula is C34H25F3N4O3. The van der Waals surface area contributed by atoms with Gasteiger partial charge < -0.3 is 14.4 Å². The molecule has 2 aliphatic rings. The van der Waals surface area contributed by atoms with Gasteiger partial charge in [-0.2, -0.15) is 5.26 Å².